The molecule has 22 heavy (non-hydrogen) atoms. The predicted molar refractivity (Wildman–Crippen MR) is 95.2 cm³/mol. The highest BCUT2D eigenvalue weighted by atomic mass is 32.2. The van der Waals surface area contributed by atoms with Gasteiger partial charge in [-0.25, -0.2) is 4.98 Å². The summed E-state index contributed by atoms with van der Waals surface area (Å²) in [6.45, 7) is 4.84. The third-order valence-electron chi connectivity index (χ3n) is 4.63. The van der Waals surface area contributed by atoms with Crippen molar-refractivity contribution in [2.24, 2.45) is 0 Å². The first-order chi connectivity index (χ1) is 10.9. The Morgan fingerprint density at radius 1 is 1.27 bits per heavy atom. The summed E-state index contributed by atoms with van der Waals surface area (Å²) in [6.07, 6.45) is 1.26. The predicted octanol–water partition coefficient (Wildman–Crippen LogP) is 2.92. The largest absolute Gasteiger partial charge is 0.379 e. The van der Waals surface area contributed by atoms with Crippen LogP contribution in [0, 0.1) is 0 Å². The zero-order valence-corrected chi connectivity index (χ0v) is 14.2. The van der Waals surface area contributed by atoms with Gasteiger partial charge in [-0.05, 0) is 24.3 Å². The van der Waals surface area contributed by atoms with E-state index in [1.165, 1.54) is 22.6 Å². The number of hydrogen-bond donors (Lipinski definition) is 1. The number of hydrogen-bond acceptors (Lipinski definition) is 6. The highest BCUT2D eigenvalue weighted by molar-refractivity contribution is 7.99. The van der Waals surface area contributed by atoms with Gasteiger partial charge in [0.2, 0.25) is 0 Å². The van der Waals surface area contributed by atoms with Crippen LogP contribution in [0.25, 0.3) is 10.2 Å². The van der Waals surface area contributed by atoms with E-state index in [1.54, 1.807) is 11.3 Å². The molecule has 4 nitrogen and oxygen atoms in total. The number of nitrogens with one attached hydrogen (secondary N) is 1. The van der Waals surface area contributed by atoms with Crippen molar-refractivity contribution in [2.45, 2.75) is 12.0 Å². The first-order valence-corrected chi connectivity index (χ1v) is 9.83. The molecular formula is C16H21N3OS2. The summed E-state index contributed by atoms with van der Waals surface area (Å²) in [6, 6.07) is 8.35. The van der Waals surface area contributed by atoms with Crippen molar-refractivity contribution in [2.75, 3.05) is 49.7 Å². The molecule has 0 amide bonds. The molecule has 2 aliphatic rings. The van der Waals surface area contributed by atoms with Crippen molar-refractivity contribution in [3.05, 3.63) is 24.3 Å². The Hall–Kier alpha value is -0.820. The van der Waals surface area contributed by atoms with Gasteiger partial charge in [-0.15, -0.1) is 0 Å². The fraction of sp³-hybridized carbons (Fsp3) is 0.562. The Bertz CT molecular complexity index is 600. The van der Waals surface area contributed by atoms with E-state index in [2.05, 4.69) is 46.2 Å². The fourth-order valence-corrected chi connectivity index (χ4v) is 5.66. The van der Waals surface area contributed by atoms with Crippen LogP contribution in [0.4, 0.5) is 5.13 Å². The lowest BCUT2D eigenvalue weighted by atomic mass is 9.95. The van der Waals surface area contributed by atoms with Crippen molar-refractivity contribution in [3.63, 3.8) is 0 Å². The molecule has 1 atom stereocenters. The summed E-state index contributed by atoms with van der Waals surface area (Å²) in [7, 11) is 0. The SMILES string of the molecule is c1ccc2sc(NC[C@@]3(N4CCOCC4)CCSC3)nc2c1. The molecule has 1 aromatic carbocycles. The normalized spacial score (nSPS) is 26.5. The average molecular weight is 335 g/mol. The van der Waals surface area contributed by atoms with Crippen LogP contribution in [0.15, 0.2) is 24.3 Å². The zero-order chi connectivity index (χ0) is 14.8. The molecule has 6 heteroatoms. The molecule has 2 aliphatic heterocycles. The molecule has 0 aliphatic carbocycles. The van der Waals surface area contributed by atoms with Crippen LogP contribution >= 0.6 is 23.1 Å². The minimum Gasteiger partial charge on any atom is -0.379 e. The maximum atomic E-state index is 5.53. The Morgan fingerprint density at radius 3 is 2.91 bits per heavy atom. The van der Waals surface area contributed by atoms with Crippen LogP contribution in [0.1, 0.15) is 6.42 Å². The van der Waals surface area contributed by atoms with E-state index in [1.807, 2.05) is 0 Å². The van der Waals surface area contributed by atoms with Gasteiger partial charge in [0, 0.05) is 30.9 Å². The average Bonchev–Trinajstić information content (AvgIpc) is 3.21. The van der Waals surface area contributed by atoms with Gasteiger partial charge in [0.05, 0.1) is 23.4 Å². The molecule has 2 aromatic rings. The number of morpholine rings is 1. The Labute approximate surface area is 139 Å². The van der Waals surface area contributed by atoms with Crippen molar-refractivity contribution in [1.82, 2.24) is 9.88 Å². The monoisotopic (exact) mass is 335 g/mol. The van der Waals surface area contributed by atoms with Crippen molar-refractivity contribution < 1.29 is 4.74 Å². The Morgan fingerprint density at radius 2 is 2.14 bits per heavy atom. The molecule has 0 bridgehead atoms. The summed E-state index contributed by atoms with van der Waals surface area (Å²) in [5.74, 6) is 2.48. The number of benzene rings is 1. The second kappa shape index (κ2) is 6.35. The lowest BCUT2D eigenvalue weighted by Crippen LogP contribution is -2.57. The van der Waals surface area contributed by atoms with Gasteiger partial charge in [0.15, 0.2) is 5.13 Å². The first kappa shape index (κ1) is 14.8. The van der Waals surface area contributed by atoms with Crippen LogP contribution in [0.5, 0.6) is 0 Å². The van der Waals surface area contributed by atoms with Crippen molar-refractivity contribution in [3.8, 4) is 0 Å². The lowest BCUT2D eigenvalue weighted by molar-refractivity contribution is -0.00920. The maximum absolute atomic E-state index is 5.53. The van der Waals surface area contributed by atoms with Crippen LogP contribution in [-0.2, 0) is 4.74 Å². The molecular weight excluding hydrogens is 314 g/mol. The first-order valence-electron chi connectivity index (χ1n) is 7.86. The minimum absolute atomic E-state index is 0.270. The van der Waals surface area contributed by atoms with Gasteiger partial charge >= 0.3 is 0 Å². The number of aromatic nitrogens is 1. The molecule has 2 saturated heterocycles. The molecule has 1 N–H and O–H groups in total. The van der Waals surface area contributed by atoms with E-state index in [0.29, 0.717) is 0 Å². The van der Waals surface area contributed by atoms with Crippen LogP contribution in [0.2, 0.25) is 0 Å². The lowest BCUT2D eigenvalue weighted by Gasteiger charge is -2.43. The number of fused-ring (bicyclic) bond motifs is 1. The minimum atomic E-state index is 0.270. The number of rotatable bonds is 4. The molecule has 0 saturated carbocycles. The summed E-state index contributed by atoms with van der Waals surface area (Å²) >= 11 is 3.83. The second-order valence-electron chi connectivity index (χ2n) is 5.97. The number of nitrogens with zero attached hydrogens (tertiary/aromatic N) is 2. The molecule has 118 valence electrons. The smallest absolute Gasteiger partial charge is 0.183 e. The van der Waals surface area contributed by atoms with E-state index in [9.17, 15) is 0 Å². The van der Waals surface area contributed by atoms with Gasteiger partial charge in [0.1, 0.15) is 0 Å². The fourth-order valence-electron chi connectivity index (χ4n) is 3.32. The Kier molecular flexibility index (Phi) is 4.26. The van der Waals surface area contributed by atoms with E-state index in [-0.39, 0.29) is 5.54 Å². The molecule has 3 heterocycles. The highest BCUT2D eigenvalue weighted by Crippen LogP contribution is 2.35. The van der Waals surface area contributed by atoms with Crippen LogP contribution in [0.3, 0.4) is 0 Å². The topological polar surface area (TPSA) is 37.4 Å². The molecule has 2 fully saturated rings. The molecule has 1 aromatic heterocycles. The molecule has 4 rings (SSSR count). The highest BCUT2D eigenvalue weighted by Gasteiger charge is 2.40. The summed E-state index contributed by atoms with van der Waals surface area (Å²) in [5, 5.41) is 4.67. The van der Waals surface area contributed by atoms with Gasteiger partial charge in [-0.2, -0.15) is 11.8 Å². The Balaban J connectivity index is 1.49. The molecule has 0 radical (unpaired) electrons. The van der Waals surface area contributed by atoms with Gasteiger partial charge < -0.3 is 10.1 Å². The van der Waals surface area contributed by atoms with E-state index >= 15 is 0 Å². The summed E-state index contributed by atoms with van der Waals surface area (Å²) in [4.78, 5) is 7.34. The van der Waals surface area contributed by atoms with Crippen molar-refractivity contribution in [1.29, 1.82) is 0 Å². The number of thioether (sulfide) groups is 1. The third-order valence-corrected chi connectivity index (χ3v) is 6.86. The van der Waals surface area contributed by atoms with Gasteiger partial charge in [0.25, 0.3) is 0 Å². The second-order valence-corrected chi connectivity index (χ2v) is 8.10. The number of para-hydroxylation sites is 1. The number of thiazole rings is 1. The maximum Gasteiger partial charge on any atom is 0.183 e. The third kappa shape index (κ3) is 2.85. The summed E-state index contributed by atoms with van der Waals surface area (Å²) in [5.41, 5.74) is 1.36. The van der Waals surface area contributed by atoms with E-state index in [4.69, 9.17) is 9.72 Å². The zero-order valence-electron chi connectivity index (χ0n) is 12.6. The standard InChI is InChI=1S/C16H21N3OS2/c1-2-4-14-13(3-1)18-15(22-14)17-11-16(5-10-21-12-16)19-6-8-20-9-7-19/h1-4H,5-12H2,(H,17,18)/t16-/m0/s1. The van der Waals surface area contributed by atoms with Gasteiger partial charge in [-0.3, -0.25) is 4.90 Å². The van der Waals surface area contributed by atoms with Crippen LogP contribution in [-0.4, -0.2) is 59.8 Å². The molecule has 0 unspecified atom stereocenters. The van der Waals surface area contributed by atoms with E-state index in [0.717, 1.165) is 43.5 Å². The quantitative estimate of drug-likeness (QED) is 0.930. The van der Waals surface area contributed by atoms with Crippen molar-refractivity contribution >= 4 is 38.4 Å². The molecule has 0 spiro atoms. The number of anilines is 1. The summed E-state index contributed by atoms with van der Waals surface area (Å²) < 4.78 is 6.78. The number of ether oxygens (including phenoxy) is 1. The van der Waals surface area contributed by atoms with E-state index < -0.39 is 0 Å². The van der Waals surface area contributed by atoms with Gasteiger partial charge in [-0.1, -0.05) is 23.5 Å². The van der Waals surface area contributed by atoms with Crippen LogP contribution < -0.4 is 5.32 Å².